The van der Waals surface area contributed by atoms with Crippen molar-refractivity contribution in [2.45, 2.75) is 20.0 Å². The minimum Gasteiger partial charge on any atom is -0.390 e. The first kappa shape index (κ1) is 20.7. The molecular weight excluding hydrogens is 330 g/mol. The summed E-state index contributed by atoms with van der Waals surface area (Å²) in [6.45, 7) is 9.73. The number of hydrogen-bond donors (Lipinski definition) is 1. The van der Waals surface area contributed by atoms with Gasteiger partial charge in [0.15, 0.2) is 0 Å². The molecule has 1 heterocycles. The fraction of sp³-hybridized carbons (Fsp3) is 0.688. The average Bonchev–Trinajstić information content (AvgIpc) is 2.51. The Labute approximate surface area is 147 Å². The molecule has 1 rings (SSSR count). The van der Waals surface area contributed by atoms with E-state index in [-0.39, 0.29) is 11.7 Å². The normalized spacial score (nSPS) is 16.7. The third kappa shape index (κ3) is 6.26. The molecule has 1 saturated heterocycles. The third-order valence-corrected chi connectivity index (χ3v) is 4.78. The molecule has 1 aliphatic heterocycles. The van der Waals surface area contributed by atoms with Crippen molar-refractivity contribution < 1.29 is 19.5 Å². The minimum absolute atomic E-state index is 0.0261. The molecule has 1 aliphatic rings. The van der Waals surface area contributed by atoms with E-state index in [0.717, 1.165) is 0 Å². The van der Waals surface area contributed by atoms with Gasteiger partial charge >= 0.3 is 11.8 Å². The second-order valence-electron chi connectivity index (χ2n) is 5.97. The van der Waals surface area contributed by atoms with Crippen molar-refractivity contribution in [1.82, 2.24) is 14.7 Å². The van der Waals surface area contributed by atoms with Crippen LogP contribution in [0.1, 0.15) is 13.8 Å². The molecule has 1 atom stereocenters. The number of carbonyl (C=O) groups excluding carboxylic acids is 3. The van der Waals surface area contributed by atoms with E-state index in [4.69, 9.17) is 0 Å². The van der Waals surface area contributed by atoms with Crippen LogP contribution < -0.4 is 0 Å². The Bertz CT molecular complexity index is 498. The maximum atomic E-state index is 12.0. The summed E-state index contributed by atoms with van der Waals surface area (Å²) in [6.07, 6.45) is -0.734. The largest absolute Gasteiger partial charge is 0.390 e. The molecule has 0 spiro atoms. The number of aliphatic hydroxyl groups excluding tert-OH is 1. The smallest absolute Gasteiger partial charge is 0.312 e. The van der Waals surface area contributed by atoms with E-state index in [2.05, 4.69) is 6.58 Å². The number of likely N-dealkylation sites (N-methyl/N-ethyl adjacent to an activating group) is 2. The molecule has 1 unspecified atom stereocenters. The summed E-state index contributed by atoms with van der Waals surface area (Å²) >= 11 is 1.20. The second kappa shape index (κ2) is 9.80. The summed E-state index contributed by atoms with van der Waals surface area (Å²) < 4.78 is 0. The van der Waals surface area contributed by atoms with Gasteiger partial charge in [-0.15, -0.1) is 0 Å². The van der Waals surface area contributed by atoms with Crippen molar-refractivity contribution >= 4 is 28.7 Å². The van der Waals surface area contributed by atoms with Crippen LogP contribution in [0.25, 0.3) is 0 Å². The van der Waals surface area contributed by atoms with Gasteiger partial charge in [0.1, 0.15) is 0 Å². The van der Waals surface area contributed by atoms with E-state index in [1.54, 1.807) is 6.92 Å². The molecule has 136 valence electrons. The van der Waals surface area contributed by atoms with E-state index in [9.17, 15) is 19.5 Å². The van der Waals surface area contributed by atoms with Crippen LogP contribution in [0, 0.1) is 0 Å². The summed E-state index contributed by atoms with van der Waals surface area (Å²) in [6, 6.07) is 0. The van der Waals surface area contributed by atoms with Gasteiger partial charge in [0.05, 0.1) is 6.10 Å². The number of β-amino-alcohol motifs (C(OH)–C–C–N with tert-alkyl or cyclic N) is 1. The van der Waals surface area contributed by atoms with E-state index in [1.807, 2.05) is 18.9 Å². The topological polar surface area (TPSA) is 81.2 Å². The number of piperazine rings is 1. The lowest BCUT2D eigenvalue weighted by atomic mass is 10.2. The van der Waals surface area contributed by atoms with E-state index in [1.165, 1.54) is 21.6 Å². The average molecular weight is 357 g/mol. The molecule has 0 radical (unpaired) electrons. The van der Waals surface area contributed by atoms with Gasteiger partial charge in [0, 0.05) is 45.0 Å². The number of thioether (sulfide) groups is 1. The molecule has 1 fully saturated rings. The third-order valence-electron chi connectivity index (χ3n) is 3.79. The lowest BCUT2D eigenvalue weighted by molar-refractivity contribution is -0.156. The van der Waals surface area contributed by atoms with E-state index < -0.39 is 17.9 Å². The second-order valence-corrected chi connectivity index (χ2v) is 7.04. The molecule has 0 aromatic carbocycles. The summed E-state index contributed by atoms with van der Waals surface area (Å²) in [7, 11) is 1.84. The first-order valence-corrected chi connectivity index (χ1v) is 9.02. The number of amides is 2. The van der Waals surface area contributed by atoms with Gasteiger partial charge in [-0.05, 0) is 26.5 Å². The van der Waals surface area contributed by atoms with E-state index >= 15 is 0 Å². The lowest BCUT2D eigenvalue weighted by Gasteiger charge is -2.34. The van der Waals surface area contributed by atoms with Gasteiger partial charge in [-0.3, -0.25) is 14.4 Å². The van der Waals surface area contributed by atoms with Gasteiger partial charge in [0.2, 0.25) is 5.12 Å². The van der Waals surface area contributed by atoms with Crippen LogP contribution in [0.5, 0.6) is 0 Å². The summed E-state index contributed by atoms with van der Waals surface area (Å²) in [5.74, 6) is -0.437. The number of hydrogen-bond acceptors (Lipinski definition) is 6. The molecule has 2 amide bonds. The Morgan fingerprint density at radius 1 is 1.33 bits per heavy atom. The summed E-state index contributed by atoms with van der Waals surface area (Å²) in [5.41, 5.74) is 0.525. The SMILES string of the molecule is C=C(C)C(=O)SCCN(C)CC(O)CN1CCN(CC)C(=O)C1=O. The number of carbonyl (C=O) groups is 3. The molecule has 1 N–H and O–H groups in total. The van der Waals surface area contributed by atoms with Crippen LogP contribution in [0.3, 0.4) is 0 Å². The van der Waals surface area contributed by atoms with Gasteiger partial charge in [-0.1, -0.05) is 18.3 Å². The predicted octanol–water partition coefficient (Wildman–Crippen LogP) is -0.194. The van der Waals surface area contributed by atoms with Gasteiger partial charge in [-0.2, -0.15) is 0 Å². The summed E-state index contributed by atoms with van der Waals surface area (Å²) in [5, 5.41) is 10.1. The zero-order chi connectivity index (χ0) is 18.3. The van der Waals surface area contributed by atoms with Crippen LogP contribution in [0.4, 0.5) is 0 Å². The van der Waals surface area contributed by atoms with Crippen LogP contribution in [-0.2, 0) is 14.4 Å². The van der Waals surface area contributed by atoms with Gasteiger partial charge < -0.3 is 19.8 Å². The Hall–Kier alpha value is -1.38. The Morgan fingerprint density at radius 2 is 1.92 bits per heavy atom. The zero-order valence-corrected chi connectivity index (χ0v) is 15.5. The molecule has 0 aromatic rings. The van der Waals surface area contributed by atoms with Crippen molar-refractivity contribution in [1.29, 1.82) is 0 Å². The lowest BCUT2D eigenvalue weighted by Crippen LogP contribution is -2.56. The van der Waals surface area contributed by atoms with Crippen LogP contribution in [0.2, 0.25) is 0 Å². The first-order chi connectivity index (χ1) is 11.3. The molecule has 8 heteroatoms. The Morgan fingerprint density at radius 3 is 2.50 bits per heavy atom. The maximum Gasteiger partial charge on any atom is 0.312 e. The highest BCUT2D eigenvalue weighted by Crippen LogP contribution is 2.09. The number of rotatable bonds is 9. The standard InChI is InChI=1S/C16H27N3O4S/c1-5-18-6-7-19(15(22)14(18)21)11-13(20)10-17(4)8-9-24-16(23)12(2)3/h13,20H,2,5-11H2,1,3-4H3. The Balaban J connectivity index is 2.34. The van der Waals surface area contributed by atoms with Crippen molar-refractivity contribution in [3.8, 4) is 0 Å². The van der Waals surface area contributed by atoms with Crippen LogP contribution in [0.15, 0.2) is 12.2 Å². The fourth-order valence-corrected chi connectivity index (χ4v) is 3.21. The molecule has 0 aromatic heterocycles. The Kier molecular flexibility index (Phi) is 8.44. The monoisotopic (exact) mass is 357 g/mol. The maximum absolute atomic E-state index is 12.0. The van der Waals surface area contributed by atoms with Gasteiger partial charge in [0.25, 0.3) is 0 Å². The van der Waals surface area contributed by atoms with Crippen molar-refractivity contribution in [3.05, 3.63) is 12.2 Å². The van der Waals surface area contributed by atoms with Crippen molar-refractivity contribution in [2.75, 3.05) is 52.1 Å². The van der Waals surface area contributed by atoms with Crippen molar-refractivity contribution in [2.24, 2.45) is 0 Å². The highest BCUT2D eigenvalue weighted by atomic mass is 32.2. The highest BCUT2D eigenvalue weighted by molar-refractivity contribution is 8.14. The predicted molar refractivity (Wildman–Crippen MR) is 94.6 cm³/mol. The van der Waals surface area contributed by atoms with E-state index in [0.29, 0.717) is 44.0 Å². The minimum atomic E-state index is -0.734. The molecule has 24 heavy (non-hydrogen) atoms. The molecule has 0 saturated carbocycles. The fourth-order valence-electron chi connectivity index (χ4n) is 2.37. The highest BCUT2D eigenvalue weighted by Gasteiger charge is 2.32. The molecule has 0 aliphatic carbocycles. The quantitative estimate of drug-likeness (QED) is 0.455. The summed E-state index contributed by atoms with van der Waals surface area (Å²) in [4.78, 5) is 40.1. The van der Waals surface area contributed by atoms with Gasteiger partial charge in [-0.25, -0.2) is 0 Å². The number of nitrogens with zero attached hydrogens (tertiary/aromatic N) is 3. The van der Waals surface area contributed by atoms with Crippen LogP contribution >= 0.6 is 11.8 Å². The first-order valence-electron chi connectivity index (χ1n) is 8.03. The molecule has 7 nitrogen and oxygen atoms in total. The number of aliphatic hydroxyl groups is 1. The van der Waals surface area contributed by atoms with Crippen LogP contribution in [-0.4, -0.2) is 94.9 Å². The molecular formula is C16H27N3O4S. The molecule has 0 bridgehead atoms. The zero-order valence-electron chi connectivity index (χ0n) is 14.7. The van der Waals surface area contributed by atoms with Crippen molar-refractivity contribution in [3.63, 3.8) is 0 Å².